The zero-order valence-electron chi connectivity index (χ0n) is 13.7. The van der Waals surface area contributed by atoms with Crippen LogP contribution >= 0.6 is 11.3 Å². The van der Waals surface area contributed by atoms with Crippen LogP contribution in [0.5, 0.6) is 0 Å². The van der Waals surface area contributed by atoms with Crippen LogP contribution in [0, 0.1) is 0 Å². The van der Waals surface area contributed by atoms with Gasteiger partial charge in [-0.2, -0.15) is 0 Å². The number of amides is 1. The summed E-state index contributed by atoms with van der Waals surface area (Å²) in [5, 5.41) is 11.6. The molecule has 1 aliphatic rings. The highest BCUT2D eigenvalue weighted by molar-refractivity contribution is 7.91. The van der Waals surface area contributed by atoms with Crippen molar-refractivity contribution in [1.82, 2.24) is 4.90 Å². The van der Waals surface area contributed by atoms with Crippen molar-refractivity contribution in [2.75, 3.05) is 18.8 Å². The van der Waals surface area contributed by atoms with E-state index < -0.39 is 27.1 Å². The minimum Gasteiger partial charge on any atom is -0.383 e. The lowest BCUT2D eigenvalue weighted by atomic mass is 10.1. The molecule has 2 aromatic rings. The molecule has 2 atom stereocenters. The molecular formula is C18H21NO4S2. The second-order valence-electron chi connectivity index (χ2n) is 6.19. The Hall–Kier alpha value is -1.70. The molecule has 2 heterocycles. The largest absolute Gasteiger partial charge is 0.383 e. The normalized spacial score (nSPS) is 21.5. The first-order valence-corrected chi connectivity index (χ1v) is 10.8. The van der Waals surface area contributed by atoms with E-state index in [0.29, 0.717) is 13.0 Å². The van der Waals surface area contributed by atoms with E-state index in [1.165, 1.54) is 16.2 Å². The van der Waals surface area contributed by atoms with Gasteiger partial charge in [0.25, 0.3) is 5.91 Å². The number of rotatable bonds is 4. The fraction of sp³-hybridized carbons (Fsp3) is 0.389. The molecule has 0 spiro atoms. The van der Waals surface area contributed by atoms with Gasteiger partial charge >= 0.3 is 0 Å². The third-order valence-corrected chi connectivity index (χ3v) is 7.71. The summed E-state index contributed by atoms with van der Waals surface area (Å²) in [5.41, 5.74) is 0.877. The number of sulfone groups is 1. The molecule has 1 aromatic heterocycles. The number of hydrogen-bond donors (Lipinski definition) is 1. The fourth-order valence-corrected chi connectivity index (χ4v) is 6.10. The maximum Gasteiger partial charge on any atom is 0.251 e. The van der Waals surface area contributed by atoms with Crippen molar-refractivity contribution in [3.8, 4) is 0 Å². The second-order valence-corrected chi connectivity index (χ2v) is 9.47. The van der Waals surface area contributed by atoms with Gasteiger partial charge in [0.1, 0.15) is 6.10 Å². The molecule has 1 fully saturated rings. The van der Waals surface area contributed by atoms with Gasteiger partial charge < -0.3 is 10.0 Å². The summed E-state index contributed by atoms with van der Waals surface area (Å²) >= 11 is 1.43. The molecule has 1 aromatic carbocycles. The summed E-state index contributed by atoms with van der Waals surface area (Å²) in [4.78, 5) is 14.8. The highest BCUT2D eigenvalue weighted by Gasteiger charge is 2.34. The van der Waals surface area contributed by atoms with Crippen molar-refractivity contribution in [1.29, 1.82) is 0 Å². The van der Waals surface area contributed by atoms with Gasteiger partial charge in [-0.15, -0.1) is 11.3 Å². The molecule has 0 bridgehead atoms. The minimum atomic E-state index is -3.30. The van der Waals surface area contributed by atoms with Crippen molar-refractivity contribution < 1.29 is 18.3 Å². The number of aliphatic hydroxyl groups is 1. The predicted octanol–water partition coefficient (Wildman–Crippen LogP) is 2.04. The van der Waals surface area contributed by atoms with Gasteiger partial charge in [-0.3, -0.25) is 4.79 Å². The van der Waals surface area contributed by atoms with Crippen LogP contribution < -0.4 is 0 Å². The lowest BCUT2D eigenvalue weighted by Gasteiger charge is -2.23. The molecule has 1 amide bonds. The third-order valence-electron chi connectivity index (χ3n) is 4.47. The van der Waals surface area contributed by atoms with Gasteiger partial charge in [0, 0.05) is 24.4 Å². The van der Waals surface area contributed by atoms with Crippen LogP contribution in [-0.2, 0) is 21.1 Å². The highest BCUT2D eigenvalue weighted by Crippen LogP contribution is 2.32. The average molecular weight is 380 g/mol. The number of hydrogen-bond acceptors (Lipinski definition) is 5. The number of nitrogens with zero attached hydrogens (tertiary/aromatic N) is 1. The molecule has 134 valence electrons. The number of benzene rings is 1. The van der Waals surface area contributed by atoms with Crippen molar-refractivity contribution in [2.45, 2.75) is 24.2 Å². The molecule has 3 rings (SSSR count). The van der Waals surface area contributed by atoms with Gasteiger partial charge in [0.15, 0.2) is 9.84 Å². The summed E-state index contributed by atoms with van der Waals surface area (Å²) in [6.07, 6.45) is -0.549. The Balaban J connectivity index is 1.68. The SMILES string of the molecule is O=C([C@H](O)Cc1ccccc1)N1CC[C@@H](c2cccs2)S(=O)(=O)CC1. The van der Waals surface area contributed by atoms with Gasteiger partial charge in [-0.25, -0.2) is 8.42 Å². The molecular weight excluding hydrogens is 358 g/mol. The maximum atomic E-state index is 12.5. The van der Waals surface area contributed by atoms with Crippen LogP contribution in [0.4, 0.5) is 0 Å². The van der Waals surface area contributed by atoms with Gasteiger partial charge in [-0.1, -0.05) is 36.4 Å². The van der Waals surface area contributed by atoms with Crippen molar-refractivity contribution in [3.63, 3.8) is 0 Å². The summed E-state index contributed by atoms with van der Waals surface area (Å²) in [6, 6.07) is 13.0. The first-order valence-electron chi connectivity index (χ1n) is 8.23. The minimum absolute atomic E-state index is 0.0701. The van der Waals surface area contributed by atoms with Crippen molar-refractivity contribution in [3.05, 3.63) is 58.3 Å². The molecule has 0 radical (unpaired) electrons. The number of thiophene rings is 1. The van der Waals surface area contributed by atoms with Gasteiger partial charge in [0.05, 0.1) is 11.0 Å². The Morgan fingerprint density at radius 1 is 1.20 bits per heavy atom. The molecule has 7 heteroatoms. The van der Waals surface area contributed by atoms with E-state index in [2.05, 4.69) is 0 Å². The number of carbonyl (C=O) groups is 1. The molecule has 0 saturated carbocycles. The standard InChI is InChI=1S/C18H21NO4S2/c20-15(13-14-5-2-1-3-6-14)18(21)19-9-8-17(16-7-4-11-24-16)25(22,23)12-10-19/h1-7,11,15,17,20H,8-10,12-13H2/t15-,17+/m1/s1. The van der Waals surface area contributed by atoms with Crippen LogP contribution in [0.1, 0.15) is 22.1 Å². The Bertz CT molecular complexity index is 803. The molecule has 0 unspecified atom stereocenters. The van der Waals surface area contributed by atoms with Crippen molar-refractivity contribution >= 4 is 27.1 Å². The van der Waals surface area contributed by atoms with Crippen LogP contribution in [0.25, 0.3) is 0 Å². The van der Waals surface area contributed by atoms with Crippen LogP contribution in [0.15, 0.2) is 47.8 Å². The van der Waals surface area contributed by atoms with Gasteiger partial charge in [-0.05, 0) is 23.4 Å². The predicted molar refractivity (Wildman–Crippen MR) is 98.2 cm³/mol. The zero-order chi connectivity index (χ0) is 17.9. The van der Waals surface area contributed by atoms with Crippen LogP contribution in [-0.4, -0.2) is 49.3 Å². The molecule has 1 saturated heterocycles. The number of carbonyl (C=O) groups excluding carboxylic acids is 1. The topological polar surface area (TPSA) is 74.7 Å². The van der Waals surface area contributed by atoms with E-state index in [4.69, 9.17) is 0 Å². The lowest BCUT2D eigenvalue weighted by molar-refractivity contribution is -0.139. The molecule has 5 nitrogen and oxygen atoms in total. The van der Waals surface area contributed by atoms with E-state index in [-0.39, 0.29) is 18.7 Å². The van der Waals surface area contributed by atoms with E-state index in [1.54, 1.807) is 0 Å². The molecule has 0 aliphatic carbocycles. The summed E-state index contributed by atoms with van der Waals surface area (Å²) in [6.45, 7) is 0.474. The van der Waals surface area contributed by atoms with Crippen molar-refractivity contribution in [2.24, 2.45) is 0 Å². The Kier molecular flexibility index (Phi) is 5.56. The quantitative estimate of drug-likeness (QED) is 0.882. The number of aliphatic hydroxyl groups excluding tert-OH is 1. The zero-order valence-corrected chi connectivity index (χ0v) is 15.4. The molecule has 1 aliphatic heterocycles. The smallest absolute Gasteiger partial charge is 0.251 e. The third kappa shape index (κ3) is 4.29. The first kappa shape index (κ1) is 18.1. The second kappa shape index (κ2) is 7.68. The Labute approximate surface area is 151 Å². The molecule has 25 heavy (non-hydrogen) atoms. The fourth-order valence-electron chi connectivity index (χ4n) is 3.09. The van der Waals surface area contributed by atoms with Crippen LogP contribution in [0.2, 0.25) is 0 Å². The lowest BCUT2D eigenvalue weighted by Crippen LogP contribution is -2.41. The Morgan fingerprint density at radius 2 is 1.96 bits per heavy atom. The highest BCUT2D eigenvalue weighted by atomic mass is 32.2. The van der Waals surface area contributed by atoms with E-state index >= 15 is 0 Å². The van der Waals surface area contributed by atoms with E-state index in [0.717, 1.165) is 10.4 Å². The Morgan fingerprint density at radius 3 is 2.64 bits per heavy atom. The first-order chi connectivity index (χ1) is 12.0. The van der Waals surface area contributed by atoms with E-state index in [1.807, 2.05) is 47.8 Å². The summed E-state index contributed by atoms with van der Waals surface area (Å²) < 4.78 is 25.1. The summed E-state index contributed by atoms with van der Waals surface area (Å²) in [7, 11) is -3.30. The average Bonchev–Trinajstić information content (AvgIpc) is 3.06. The van der Waals surface area contributed by atoms with E-state index in [9.17, 15) is 18.3 Å². The molecule has 1 N–H and O–H groups in total. The van der Waals surface area contributed by atoms with Crippen LogP contribution in [0.3, 0.4) is 0 Å². The summed E-state index contributed by atoms with van der Waals surface area (Å²) in [5.74, 6) is -0.467. The van der Waals surface area contributed by atoms with Gasteiger partial charge in [0.2, 0.25) is 0 Å². The monoisotopic (exact) mass is 379 g/mol. The maximum absolute atomic E-state index is 12.5.